The largest absolute Gasteiger partial charge is 0.291 e. The Morgan fingerprint density at radius 2 is 1.65 bits per heavy atom. The molecular weight excluding hydrogens is 246 g/mol. The summed E-state index contributed by atoms with van der Waals surface area (Å²) in [4.78, 5) is 5.58. The predicted octanol–water partition coefficient (Wildman–Crippen LogP) is 4.32. The Hall–Kier alpha value is -1.90. The lowest BCUT2D eigenvalue weighted by Crippen LogP contribution is -2.10. The minimum absolute atomic E-state index is 0.274. The Bertz CT molecular complexity index is 509. The van der Waals surface area contributed by atoms with Crippen LogP contribution < -0.4 is 0 Å². The molecule has 0 radical (unpaired) electrons. The van der Waals surface area contributed by atoms with Gasteiger partial charge in [0, 0.05) is 13.6 Å². The lowest BCUT2D eigenvalue weighted by atomic mass is 10.1. The Balaban J connectivity index is 0.000000160. The third-order valence-corrected chi connectivity index (χ3v) is 3.22. The van der Waals surface area contributed by atoms with Crippen LogP contribution in [0.3, 0.4) is 0 Å². The van der Waals surface area contributed by atoms with Crippen molar-refractivity contribution >= 4 is 6.08 Å². The van der Waals surface area contributed by atoms with Crippen molar-refractivity contribution in [2.24, 2.45) is 0 Å². The van der Waals surface area contributed by atoms with Crippen LogP contribution in [0, 0.1) is 0 Å². The van der Waals surface area contributed by atoms with Gasteiger partial charge < -0.3 is 0 Å². The average Bonchev–Trinajstić information content (AvgIpc) is 2.96. The molecule has 20 heavy (non-hydrogen) atoms. The zero-order valence-corrected chi connectivity index (χ0v) is 11.9. The highest BCUT2D eigenvalue weighted by Gasteiger charge is 2.21. The molecule has 1 aliphatic heterocycles. The van der Waals surface area contributed by atoms with E-state index in [1.54, 1.807) is 0 Å². The van der Waals surface area contributed by atoms with Crippen LogP contribution in [-0.2, 0) is 4.84 Å². The van der Waals surface area contributed by atoms with Gasteiger partial charge in [0.1, 0.15) is 6.10 Å². The lowest BCUT2D eigenvalue weighted by Gasteiger charge is -2.10. The highest BCUT2D eigenvalue weighted by atomic mass is 16.7. The summed E-state index contributed by atoms with van der Waals surface area (Å²) < 4.78 is 0. The minimum Gasteiger partial charge on any atom is -0.291 e. The van der Waals surface area contributed by atoms with Crippen LogP contribution >= 0.6 is 0 Å². The topological polar surface area (TPSA) is 12.5 Å². The molecule has 104 valence electrons. The summed E-state index contributed by atoms with van der Waals surface area (Å²) >= 11 is 0. The van der Waals surface area contributed by atoms with Gasteiger partial charge in [0.15, 0.2) is 0 Å². The first-order chi connectivity index (χ1) is 9.79. The Labute approximate surface area is 121 Å². The maximum Gasteiger partial charge on any atom is 0.106 e. The van der Waals surface area contributed by atoms with Crippen LogP contribution in [0.4, 0.5) is 0 Å². The Morgan fingerprint density at radius 1 is 1.05 bits per heavy atom. The molecule has 0 saturated carbocycles. The van der Waals surface area contributed by atoms with E-state index in [0.29, 0.717) is 0 Å². The molecule has 0 N–H and O–H groups in total. The van der Waals surface area contributed by atoms with E-state index in [4.69, 9.17) is 4.84 Å². The molecule has 1 aliphatic rings. The molecule has 3 rings (SSSR count). The van der Waals surface area contributed by atoms with E-state index in [0.717, 1.165) is 13.0 Å². The Kier molecular flexibility index (Phi) is 5.54. The molecule has 1 unspecified atom stereocenters. The third-order valence-electron chi connectivity index (χ3n) is 3.22. The van der Waals surface area contributed by atoms with E-state index >= 15 is 0 Å². The van der Waals surface area contributed by atoms with Crippen molar-refractivity contribution in [1.82, 2.24) is 5.06 Å². The molecule has 0 aliphatic carbocycles. The second kappa shape index (κ2) is 7.63. The van der Waals surface area contributed by atoms with E-state index in [-0.39, 0.29) is 6.10 Å². The van der Waals surface area contributed by atoms with Crippen molar-refractivity contribution < 1.29 is 4.84 Å². The molecule has 2 aromatic carbocycles. The summed E-state index contributed by atoms with van der Waals surface area (Å²) in [6.45, 7) is 4.66. The normalized spacial score (nSPS) is 18.1. The molecule has 2 nitrogen and oxygen atoms in total. The summed E-state index contributed by atoms with van der Waals surface area (Å²) in [5.41, 5.74) is 2.45. The molecular formula is C18H21NO. The molecule has 2 heteroatoms. The van der Waals surface area contributed by atoms with E-state index in [1.807, 2.05) is 54.6 Å². The Morgan fingerprint density at radius 3 is 2.10 bits per heavy atom. The van der Waals surface area contributed by atoms with E-state index < -0.39 is 0 Å². The highest BCUT2D eigenvalue weighted by Crippen LogP contribution is 2.26. The third kappa shape index (κ3) is 4.34. The van der Waals surface area contributed by atoms with Crippen molar-refractivity contribution in [3.63, 3.8) is 0 Å². The number of hydrogen-bond acceptors (Lipinski definition) is 2. The quantitative estimate of drug-likeness (QED) is 0.803. The van der Waals surface area contributed by atoms with Crippen LogP contribution in [-0.4, -0.2) is 18.7 Å². The average molecular weight is 267 g/mol. The van der Waals surface area contributed by atoms with Gasteiger partial charge in [0.25, 0.3) is 0 Å². The predicted molar refractivity (Wildman–Crippen MR) is 84.0 cm³/mol. The molecule has 1 fully saturated rings. The SMILES string of the molecule is C=Cc1ccccc1.CN1CCC(c2ccccc2)O1. The molecule has 0 aromatic heterocycles. The monoisotopic (exact) mass is 267 g/mol. The van der Waals surface area contributed by atoms with Gasteiger partial charge in [-0.3, -0.25) is 4.84 Å². The highest BCUT2D eigenvalue weighted by molar-refractivity contribution is 5.45. The fraction of sp³-hybridized carbons (Fsp3) is 0.222. The molecule has 0 bridgehead atoms. The molecule has 1 heterocycles. The van der Waals surface area contributed by atoms with Gasteiger partial charge in [-0.25, -0.2) is 0 Å². The molecule has 0 spiro atoms. The molecule has 1 saturated heterocycles. The number of benzene rings is 2. The molecule has 0 amide bonds. The standard InChI is InChI=1S/C10H13NO.C8H8/c1-11-8-7-10(12-11)9-5-3-2-4-6-9;1-2-8-6-4-3-5-7-8/h2-6,10H,7-8H2,1H3;2-7H,1H2. The van der Waals surface area contributed by atoms with Crippen molar-refractivity contribution in [2.75, 3.05) is 13.6 Å². The second-order valence-electron chi connectivity index (χ2n) is 4.76. The van der Waals surface area contributed by atoms with E-state index in [1.165, 1.54) is 11.1 Å². The van der Waals surface area contributed by atoms with Crippen LogP contribution in [0.5, 0.6) is 0 Å². The van der Waals surface area contributed by atoms with E-state index in [9.17, 15) is 0 Å². The van der Waals surface area contributed by atoms with Crippen molar-refractivity contribution in [3.05, 3.63) is 78.4 Å². The molecule has 2 aromatic rings. The lowest BCUT2D eigenvalue weighted by molar-refractivity contribution is -0.128. The van der Waals surface area contributed by atoms with Gasteiger partial charge in [0.2, 0.25) is 0 Å². The summed E-state index contributed by atoms with van der Waals surface area (Å²) in [5.74, 6) is 0. The van der Waals surface area contributed by atoms with Crippen LogP contribution in [0.15, 0.2) is 67.2 Å². The van der Waals surface area contributed by atoms with Gasteiger partial charge in [-0.2, -0.15) is 5.06 Å². The number of nitrogens with zero attached hydrogens (tertiary/aromatic N) is 1. The van der Waals surface area contributed by atoms with Gasteiger partial charge in [-0.05, 0) is 17.5 Å². The van der Waals surface area contributed by atoms with Gasteiger partial charge in [-0.15, -0.1) is 0 Å². The summed E-state index contributed by atoms with van der Waals surface area (Å²) in [7, 11) is 1.98. The van der Waals surface area contributed by atoms with Crippen LogP contribution in [0.2, 0.25) is 0 Å². The fourth-order valence-corrected chi connectivity index (χ4v) is 2.11. The smallest absolute Gasteiger partial charge is 0.106 e. The zero-order chi connectivity index (χ0) is 14.2. The first kappa shape index (κ1) is 14.5. The van der Waals surface area contributed by atoms with Gasteiger partial charge in [-0.1, -0.05) is 73.3 Å². The number of rotatable bonds is 2. The fourth-order valence-electron chi connectivity index (χ4n) is 2.11. The van der Waals surface area contributed by atoms with Gasteiger partial charge >= 0.3 is 0 Å². The summed E-state index contributed by atoms with van der Waals surface area (Å²) in [6, 6.07) is 20.4. The first-order valence-electron chi connectivity index (χ1n) is 6.90. The zero-order valence-electron chi connectivity index (χ0n) is 11.9. The first-order valence-corrected chi connectivity index (χ1v) is 6.90. The van der Waals surface area contributed by atoms with Gasteiger partial charge in [0.05, 0.1) is 0 Å². The van der Waals surface area contributed by atoms with Crippen LogP contribution in [0.1, 0.15) is 23.7 Å². The maximum absolute atomic E-state index is 5.58. The maximum atomic E-state index is 5.58. The summed E-state index contributed by atoms with van der Waals surface area (Å²) in [5, 5.41) is 1.90. The van der Waals surface area contributed by atoms with Crippen molar-refractivity contribution in [3.8, 4) is 0 Å². The second-order valence-corrected chi connectivity index (χ2v) is 4.76. The summed E-state index contributed by atoms with van der Waals surface area (Å²) in [6.07, 6.45) is 3.21. The van der Waals surface area contributed by atoms with Crippen LogP contribution in [0.25, 0.3) is 6.08 Å². The van der Waals surface area contributed by atoms with Crippen molar-refractivity contribution in [1.29, 1.82) is 0 Å². The minimum atomic E-state index is 0.274. The number of hydroxylamine groups is 2. The van der Waals surface area contributed by atoms with E-state index in [2.05, 4.69) is 30.8 Å². The number of hydrogen-bond donors (Lipinski definition) is 0. The molecule has 1 atom stereocenters. The van der Waals surface area contributed by atoms with Crippen molar-refractivity contribution in [2.45, 2.75) is 12.5 Å².